The van der Waals surface area contributed by atoms with Gasteiger partial charge in [0.2, 0.25) is 11.7 Å². The van der Waals surface area contributed by atoms with Crippen molar-refractivity contribution in [1.82, 2.24) is 15.5 Å². The second-order valence-electron chi connectivity index (χ2n) is 5.81. The maximum Gasteiger partial charge on any atom is 0.231 e. The fourth-order valence-electron chi connectivity index (χ4n) is 3.33. The summed E-state index contributed by atoms with van der Waals surface area (Å²) in [6.45, 7) is 2.07. The topological polar surface area (TPSA) is 51.0 Å². The Kier molecular flexibility index (Phi) is 2.93. The lowest BCUT2D eigenvalue weighted by atomic mass is 9.89. The Bertz CT molecular complexity index is 654. The highest BCUT2D eigenvalue weighted by molar-refractivity contribution is 9.10. The molecule has 4 nitrogen and oxygen atoms in total. The number of nitrogens with one attached hydrogen (secondary N) is 1. The van der Waals surface area contributed by atoms with Crippen molar-refractivity contribution in [3.63, 3.8) is 0 Å². The van der Waals surface area contributed by atoms with E-state index >= 15 is 0 Å². The molecule has 2 bridgehead atoms. The van der Waals surface area contributed by atoms with E-state index in [-0.39, 0.29) is 0 Å². The first-order valence-corrected chi connectivity index (χ1v) is 7.86. The van der Waals surface area contributed by atoms with E-state index in [0.717, 1.165) is 22.3 Å². The summed E-state index contributed by atoms with van der Waals surface area (Å²) in [5.41, 5.74) is 2.20. The first-order chi connectivity index (χ1) is 9.70. The van der Waals surface area contributed by atoms with Crippen LogP contribution in [-0.4, -0.2) is 22.2 Å². The van der Waals surface area contributed by atoms with Gasteiger partial charge in [-0.3, -0.25) is 0 Å². The van der Waals surface area contributed by atoms with E-state index in [1.54, 1.807) is 0 Å². The molecule has 3 atom stereocenters. The maximum absolute atomic E-state index is 5.51. The molecular formula is C15H16BrN3O. The van der Waals surface area contributed by atoms with Crippen LogP contribution in [0.4, 0.5) is 0 Å². The van der Waals surface area contributed by atoms with Crippen LogP contribution in [0.15, 0.2) is 27.2 Å². The minimum absolute atomic E-state index is 0.392. The number of benzene rings is 1. The fourth-order valence-corrected chi connectivity index (χ4v) is 3.71. The summed E-state index contributed by atoms with van der Waals surface area (Å²) in [5, 5.41) is 7.76. The van der Waals surface area contributed by atoms with Gasteiger partial charge in [0, 0.05) is 22.1 Å². The van der Waals surface area contributed by atoms with E-state index in [1.807, 2.05) is 12.1 Å². The molecule has 2 fully saturated rings. The number of halogens is 1. The molecular weight excluding hydrogens is 318 g/mol. The number of nitrogens with zero attached hydrogens (tertiary/aromatic N) is 2. The summed E-state index contributed by atoms with van der Waals surface area (Å²) in [5.74, 6) is 1.86. The Balaban J connectivity index is 1.63. The summed E-state index contributed by atoms with van der Waals surface area (Å²) in [7, 11) is 0. The highest BCUT2D eigenvalue weighted by Crippen LogP contribution is 2.39. The number of hydrogen-bond donors (Lipinski definition) is 1. The van der Waals surface area contributed by atoms with Crippen molar-refractivity contribution < 1.29 is 4.52 Å². The van der Waals surface area contributed by atoms with Gasteiger partial charge in [0.25, 0.3) is 0 Å². The second-order valence-corrected chi connectivity index (χ2v) is 6.66. The molecule has 104 valence electrons. The quantitative estimate of drug-likeness (QED) is 0.914. The molecule has 3 heterocycles. The van der Waals surface area contributed by atoms with Crippen molar-refractivity contribution >= 4 is 15.9 Å². The summed E-state index contributed by atoms with van der Waals surface area (Å²) >= 11 is 3.55. The van der Waals surface area contributed by atoms with Crippen LogP contribution in [0, 0.1) is 6.92 Å². The number of fused-ring (bicyclic) bond motifs is 2. The number of aryl methyl sites for hydroxylation is 1. The molecule has 4 rings (SSSR count). The lowest BCUT2D eigenvalue weighted by Crippen LogP contribution is -2.21. The standard InChI is InChI=1S/C15H16BrN3O/c1-8-2-3-9(6-12(8)16)14-18-15(20-19-14)11-7-10-4-5-13(11)17-10/h2-3,6,10-11,13,17H,4-5,7H2,1H3. The lowest BCUT2D eigenvalue weighted by molar-refractivity contribution is 0.329. The Hall–Kier alpha value is -1.20. The van der Waals surface area contributed by atoms with Gasteiger partial charge >= 0.3 is 0 Å². The van der Waals surface area contributed by atoms with E-state index in [4.69, 9.17) is 4.52 Å². The van der Waals surface area contributed by atoms with Gasteiger partial charge in [-0.1, -0.05) is 33.2 Å². The van der Waals surface area contributed by atoms with Crippen LogP contribution >= 0.6 is 15.9 Å². The first kappa shape index (κ1) is 12.5. The van der Waals surface area contributed by atoms with Gasteiger partial charge in [0.05, 0.1) is 5.92 Å². The zero-order chi connectivity index (χ0) is 13.7. The van der Waals surface area contributed by atoms with Crippen molar-refractivity contribution in [2.24, 2.45) is 0 Å². The monoisotopic (exact) mass is 333 g/mol. The van der Waals surface area contributed by atoms with Crippen molar-refractivity contribution in [3.05, 3.63) is 34.1 Å². The molecule has 20 heavy (non-hydrogen) atoms. The van der Waals surface area contributed by atoms with Crippen LogP contribution < -0.4 is 5.32 Å². The van der Waals surface area contributed by atoms with Crippen molar-refractivity contribution in [3.8, 4) is 11.4 Å². The molecule has 0 radical (unpaired) electrons. The molecule has 1 aromatic heterocycles. The van der Waals surface area contributed by atoms with Crippen LogP contribution in [0.5, 0.6) is 0 Å². The van der Waals surface area contributed by atoms with E-state index in [0.29, 0.717) is 23.8 Å². The normalized spacial score (nSPS) is 28.2. The van der Waals surface area contributed by atoms with Gasteiger partial charge in [-0.15, -0.1) is 0 Å². The molecule has 2 saturated heterocycles. The minimum atomic E-state index is 0.392. The Labute approximate surface area is 126 Å². The Morgan fingerprint density at radius 1 is 1.35 bits per heavy atom. The maximum atomic E-state index is 5.51. The van der Waals surface area contributed by atoms with E-state index in [2.05, 4.69) is 44.4 Å². The third-order valence-corrected chi connectivity index (χ3v) is 5.34. The summed E-state index contributed by atoms with van der Waals surface area (Å²) in [6.07, 6.45) is 3.64. The summed E-state index contributed by atoms with van der Waals surface area (Å²) in [4.78, 5) is 4.61. The minimum Gasteiger partial charge on any atom is -0.339 e. The van der Waals surface area contributed by atoms with Gasteiger partial charge in [-0.2, -0.15) is 4.98 Å². The molecule has 3 unspecified atom stereocenters. The molecule has 5 heteroatoms. The molecule has 2 aromatic rings. The number of hydrogen-bond acceptors (Lipinski definition) is 4. The van der Waals surface area contributed by atoms with Crippen LogP contribution in [0.2, 0.25) is 0 Å². The highest BCUT2D eigenvalue weighted by atomic mass is 79.9. The smallest absolute Gasteiger partial charge is 0.231 e. The zero-order valence-electron chi connectivity index (χ0n) is 11.3. The van der Waals surface area contributed by atoms with Gasteiger partial charge in [0.1, 0.15) is 0 Å². The molecule has 2 aliphatic rings. The van der Waals surface area contributed by atoms with Crippen LogP contribution in [0.3, 0.4) is 0 Å². The summed E-state index contributed by atoms with van der Waals surface area (Å²) in [6, 6.07) is 7.32. The number of rotatable bonds is 2. The molecule has 2 aliphatic heterocycles. The van der Waals surface area contributed by atoms with Gasteiger partial charge in [0.15, 0.2) is 0 Å². The second kappa shape index (κ2) is 4.67. The average Bonchev–Trinajstić information content (AvgIpc) is 3.16. The average molecular weight is 334 g/mol. The SMILES string of the molecule is Cc1ccc(-c2noc(C3CC4CCC3N4)n2)cc1Br. The molecule has 0 aliphatic carbocycles. The van der Waals surface area contributed by atoms with Crippen LogP contribution in [-0.2, 0) is 0 Å². The van der Waals surface area contributed by atoms with Gasteiger partial charge in [-0.05, 0) is 37.8 Å². The zero-order valence-corrected chi connectivity index (χ0v) is 12.9. The van der Waals surface area contributed by atoms with Crippen LogP contribution in [0.1, 0.15) is 36.6 Å². The lowest BCUT2D eigenvalue weighted by Gasteiger charge is -2.15. The van der Waals surface area contributed by atoms with E-state index < -0.39 is 0 Å². The predicted molar refractivity (Wildman–Crippen MR) is 79.5 cm³/mol. The largest absolute Gasteiger partial charge is 0.339 e. The fraction of sp³-hybridized carbons (Fsp3) is 0.467. The van der Waals surface area contributed by atoms with Crippen molar-refractivity contribution in [2.75, 3.05) is 0 Å². The third-order valence-electron chi connectivity index (χ3n) is 4.49. The predicted octanol–water partition coefficient (Wildman–Crippen LogP) is 3.42. The van der Waals surface area contributed by atoms with Gasteiger partial charge < -0.3 is 9.84 Å². The van der Waals surface area contributed by atoms with E-state index in [9.17, 15) is 0 Å². The number of aromatic nitrogens is 2. The molecule has 0 spiro atoms. The molecule has 0 saturated carbocycles. The Morgan fingerprint density at radius 3 is 2.95 bits per heavy atom. The molecule has 0 amide bonds. The Morgan fingerprint density at radius 2 is 2.25 bits per heavy atom. The van der Waals surface area contributed by atoms with Gasteiger partial charge in [-0.25, -0.2) is 0 Å². The third kappa shape index (κ3) is 2.00. The van der Waals surface area contributed by atoms with Crippen molar-refractivity contribution in [1.29, 1.82) is 0 Å². The van der Waals surface area contributed by atoms with Crippen molar-refractivity contribution in [2.45, 2.75) is 44.2 Å². The van der Waals surface area contributed by atoms with E-state index in [1.165, 1.54) is 18.4 Å². The highest BCUT2D eigenvalue weighted by Gasteiger charge is 2.42. The molecule has 1 N–H and O–H groups in total. The first-order valence-electron chi connectivity index (χ1n) is 7.07. The molecule has 1 aromatic carbocycles. The summed E-state index contributed by atoms with van der Waals surface area (Å²) < 4.78 is 6.58. The van der Waals surface area contributed by atoms with Crippen LogP contribution in [0.25, 0.3) is 11.4 Å².